The summed E-state index contributed by atoms with van der Waals surface area (Å²) in [6.45, 7) is 7.40. The summed E-state index contributed by atoms with van der Waals surface area (Å²) >= 11 is 5.95. The van der Waals surface area contributed by atoms with E-state index in [4.69, 9.17) is 21.1 Å². The molecule has 0 heterocycles. The summed E-state index contributed by atoms with van der Waals surface area (Å²) in [5.41, 5.74) is 0.327. The van der Waals surface area contributed by atoms with Crippen LogP contribution in [0.15, 0.2) is 18.2 Å². The van der Waals surface area contributed by atoms with Crippen LogP contribution in [-0.2, 0) is 20.7 Å². The number of hydrogen-bond acceptors (Lipinski definition) is 4. The molecule has 1 aromatic rings. The fourth-order valence-electron chi connectivity index (χ4n) is 1.87. The number of Topliss-reactive ketones (excluding diaryl/α,β-unsaturated/α-hetero) is 1. The van der Waals surface area contributed by atoms with Crippen molar-refractivity contribution in [3.63, 3.8) is 0 Å². The number of carbonyl (C=O) groups is 2. The van der Waals surface area contributed by atoms with Crippen LogP contribution in [0.5, 0.6) is 5.75 Å². The third-order valence-electron chi connectivity index (χ3n) is 2.67. The van der Waals surface area contributed by atoms with Gasteiger partial charge in [0.05, 0.1) is 6.61 Å². The molecule has 0 spiro atoms. The normalized spacial score (nSPS) is 11.1. The molecule has 0 N–H and O–H groups in total. The summed E-state index contributed by atoms with van der Waals surface area (Å²) in [6.07, 6.45) is 1.14. The van der Waals surface area contributed by atoms with Crippen molar-refractivity contribution in [3.05, 3.63) is 28.8 Å². The van der Waals surface area contributed by atoms with E-state index in [0.29, 0.717) is 36.6 Å². The maximum Gasteiger partial charge on any atom is 0.306 e. The molecule has 0 saturated heterocycles. The van der Waals surface area contributed by atoms with Crippen molar-refractivity contribution < 1.29 is 19.1 Å². The number of rotatable bonds is 7. The van der Waals surface area contributed by atoms with E-state index in [-0.39, 0.29) is 11.8 Å². The highest BCUT2D eigenvalue weighted by Gasteiger charge is 2.15. The van der Waals surface area contributed by atoms with E-state index in [2.05, 4.69) is 0 Å². The van der Waals surface area contributed by atoms with Crippen LogP contribution in [-0.4, -0.2) is 24.0 Å². The summed E-state index contributed by atoms with van der Waals surface area (Å²) in [4.78, 5) is 22.8. The van der Waals surface area contributed by atoms with E-state index in [9.17, 15) is 9.59 Å². The zero-order valence-electron chi connectivity index (χ0n) is 13.6. The van der Waals surface area contributed by atoms with Crippen LogP contribution in [0.25, 0.3) is 0 Å². The van der Waals surface area contributed by atoms with Gasteiger partial charge in [0.1, 0.15) is 17.1 Å². The molecule has 0 unspecified atom stereocenters. The molecule has 1 aromatic carbocycles. The second-order valence-corrected chi connectivity index (χ2v) is 6.61. The summed E-state index contributed by atoms with van der Waals surface area (Å²) in [6, 6.07) is 5.20. The van der Waals surface area contributed by atoms with E-state index >= 15 is 0 Å². The van der Waals surface area contributed by atoms with Crippen LogP contribution in [0.3, 0.4) is 0 Å². The van der Waals surface area contributed by atoms with Crippen LogP contribution in [0.1, 0.15) is 46.1 Å². The predicted molar refractivity (Wildman–Crippen MR) is 86.4 cm³/mol. The highest BCUT2D eigenvalue weighted by molar-refractivity contribution is 6.30. The van der Waals surface area contributed by atoms with Gasteiger partial charge in [-0.3, -0.25) is 9.59 Å². The molecule has 0 radical (unpaired) electrons. The van der Waals surface area contributed by atoms with Crippen LogP contribution in [0.4, 0.5) is 0 Å². The van der Waals surface area contributed by atoms with Crippen molar-refractivity contribution >= 4 is 23.4 Å². The Balaban J connectivity index is 2.49. The molecule has 0 fully saturated rings. The van der Waals surface area contributed by atoms with E-state index in [0.717, 1.165) is 5.56 Å². The highest BCUT2D eigenvalue weighted by Crippen LogP contribution is 2.24. The topological polar surface area (TPSA) is 52.6 Å². The van der Waals surface area contributed by atoms with Crippen LogP contribution in [0.2, 0.25) is 5.02 Å². The Labute approximate surface area is 136 Å². The molecule has 5 heteroatoms. The second-order valence-electron chi connectivity index (χ2n) is 6.17. The van der Waals surface area contributed by atoms with E-state index in [1.165, 1.54) is 6.92 Å². The number of hydrogen-bond donors (Lipinski definition) is 0. The van der Waals surface area contributed by atoms with E-state index < -0.39 is 5.60 Å². The first-order valence-corrected chi connectivity index (χ1v) is 7.67. The van der Waals surface area contributed by atoms with Crippen molar-refractivity contribution in [1.29, 1.82) is 0 Å². The van der Waals surface area contributed by atoms with Gasteiger partial charge in [0.25, 0.3) is 0 Å². The van der Waals surface area contributed by atoms with Crippen LogP contribution in [0, 0.1) is 0 Å². The lowest BCUT2D eigenvalue weighted by atomic mass is 10.1. The Bertz CT molecular complexity index is 532. The molecule has 0 aromatic heterocycles. The molecule has 0 saturated carbocycles. The predicted octanol–water partition coefficient (Wildman–Crippen LogP) is 3.97. The molecule has 0 aliphatic heterocycles. The molecule has 22 heavy (non-hydrogen) atoms. The Morgan fingerprint density at radius 3 is 2.50 bits per heavy atom. The average Bonchev–Trinajstić information content (AvgIpc) is 2.35. The van der Waals surface area contributed by atoms with Gasteiger partial charge in [-0.05, 0) is 46.2 Å². The van der Waals surface area contributed by atoms with Crippen molar-refractivity contribution in [1.82, 2.24) is 0 Å². The van der Waals surface area contributed by atoms with Gasteiger partial charge >= 0.3 is 5.97 Å². The quantitative estimate of drug-likeness (QED) is 0.562. The zero-order chi connectivity index (χ0) is 16.8. The van der Waals surface area contributed by atoms with Gasteiger partial charge < -0.3 is 9.47 Å². The second kappa shape index (κ2) is 8.18. The third-order valence-corrected chi connectivity index (χ3v) is 2.91. The third kappa shape index (κ3) is 7.46. The summed E-state index contributed by atoms with van der Waals surface area (Å²) in [5, 5.41) is 0.550. The summed E-state index contributed by atoms with van der Waals surface area (Å²) in [5.74, 6) is 0.402. The van der Waals surface area contributed by atoms with Crippen molar-refractivity contribution in [3.8, 4) is 5.75 Å². The number of ether oxygens (including phenoxy) is 2. The number of carbonyl (C=O) groups excluding carboxylic acids is 2. The lowest BCUT2D eigenvalue weighted by molar-refractivity contribution is -0.155. The van der Waals surface area contributed by atoms with Gasteiger partial charge in [-0.25, -0.2) is 0 Å². The molecule has 122 valence electrons. The largest absolute Gasteiger partial charge is 0.493 e. The van der Waals surface area contributed by atoms with Crippen molar-refractivity contribution in [2.24, 2.45) is 0 Å². The zero-order valence-corrected chi connectivity index (χ0v) is 14.3. The standard InChI is InChI=1S/C17H23ClO4/c1-12(19)10-13-7-8-14(18)11-15(13)21-9-5-6-16(20)22-17(2,3)4/h7-8,11H,5-6,9-10H2,1-4H3. The first-order valence-electron chi connectivity index (χ1n) is 7.30. The lowest BCUT2D eigenvalue weighted by Crippen LogP contribution is -2.24. The smallest absolute Gasteiger partial charge is 0.306 e. The van der Waals surface area contributed by atoms with E-state index in [1.54, 1.807) is 18.2 Å². The Kier molecular flexibility index (Phi) is 6.88. The number of esters is 1. The molecular weight excluding hydrogens is 304 g/mol. The molecule has 4 nitrogen and oxygen atoms in total. The first-order chi connectivity index (χ1) is 10.2. The molecular formula is C17H23ClO4. The molecule has 0 atom stereocenters. The lowest BCUT2D eigenvalue weighted by Gasteiger charge is -2.19. The molecule has 0 amide bonds. The minimum Gasteiger partial charge on any atom is -0.493 e. The van der Waals surface area contributed by atoms with Crippen LogP contribution >= 0.6 is 11.6 Å². The van der Waals surface area contributed by atoms with Crippen LogP contribution < -0.4 is 4.74 Å². The van der Waals surface area contributed by atoms with Gasteiger partial charge in [-0.1, -0.05) is 17.7 Å². The minimum atomic E-state index is -0.473. The summed E-state index contributed by atoms with van der Waals surface area (Å²) in [7, 11) is 0. The van der Waals surface area contributed by atoms with Gasteiger partial charge in [0.2, 0.25) is 0 Å². The SMILES string of the molecule is CC(=O)Cc1ccc(Cl)cc1OCCCC(=O)OC(C)(C)C. The highest BCUT2D eigenvalue weighted by atomic mass is 35.5. The molecule has 0 bridgehead atoms. The Hall–Kier alpha value is -1.55. The molecule has 0 aliphatic rings. The van der Waals surface area contributed by atoms with Gasteiger partial charge in [0, 0.05) is 23.4 Å². The van der Waals surface area contributed by atoms with Gasteiger partial charge in [-0.2, -0.15) is 0 Å². The maximum absolute atomic E-state index is 11.6. The minimum absolute atomic E-state index is 0.0564. The fraction of sp³-hybridized carbons (Fsp3) is 0.529. The van der Waals surface area contributed by atoms with E-state index in [1.807, 2.05) is 20.8 Å². The number of halogens is 1. The monoisotopic (exact) mass is 326 g/mol. The van der Waals surface area contributed by atoms with Crippen molar-refractivity contribution in [2.75, 3.05) is 6.61 Å². The Morgan fingerprint density at radius 2 is 1.91 bits per heavy atom. The molecule has 1 rings (SSSR count). The molecule has 0 aliphatic carbocycles. The number of ketones is 1. The van der Waals surface area contributed by atoms with Gasteiger partial charge in [-0.15, -0.1) is 0 Å². The average molecular weight is 327 g/mol. The Morgan fingerprint density at radius 1 is 1.23 bits per heavy atom. The van der Waals surface area contributed by atoms with Gasteiger partial charge in [0.15, 0.2) is 0 Å². The fourth-order valence-corrected chi connectivity index (χ4v) is 2.03. The summed E-state index contributed by atoms with van der Waals surface area (Å²) < 4.78 is 10.9. The maximum atomic E-state index is 11.6. The van der Waals surface area contributed by atoms with Crippen molar-refractivity contribution in [2.45, 2.75) is 52.6 Å². The number of benzene rings is 1. The first kappa shape index (κ1) is 18.5.